The number of aliphatic imine (C=N–C) groups is 1. The van der Waals surface area contributed by atoms with E-state index in [0.29, 0.717) is 5.92 Å². The van der Waals surface area contributed by atoms with Crippen LogP contribution in [0, 0.1) is 5.92 Å². The molecule has 1 saturated carbocycles. The van der Waals surface area contributed by atoms with E-state index < -0.39 is 0 Å². The van der Waals surface area contributed by atoms with Crippen LogP contribution in [0.25, 0.3) is 0 Å². The van der Waals surface area contributed by atoms with E-state index in [0.717, 1.165) is 6.54 Å². The Kier molecular flexibility index (Phi) is 3.54. The Morgan fingerprint density at radius 1 is 1.20 bits per heavy atom. The average Bonchev–Trinajstić information content (AvgIpc) is 2.29. The smallest absolute Gasteiger partial charge is 0.0639 e. The summed E-state index contributed by atoms with van der Waals surface area (Å²) < 4.78 is 0. The minimum atomic E-state index is 0.711. The van der Waals surface area contributed by atoms with Crippen LogP contribution < -0.4 is 0 Å². The molecule has 0 aliphatic heterocycles. The topological polar surface area (TPSA) is 12.4 Å². The molecule has 0 aromatic heterocycles. The first kappa shape index (κ1) is 10.4. The van der Waals surface area contributed by atoms with Gasteiger partial charge < -0.3 is 0 Å². The molecule has 0 amide bonds. The van der Waals surface area contributed by atoms with Crippen molar-refractivity contribution < 1.29 is 0 Å². The van der Waals surface area contributed by atoms with E-state index in [1.807, 2.05) is 0 Å². The molecule has 1 heteroatoms. The normalized spacial score (nSPS) is 24.3. The van der Waals surface area contributed by atoms with Crippen LogP contribution in [-0.2, 0) is 6.54 Å². The zero-order valence-corrected chi connectivity index (χ0v) is 9.45. The molecule has 1 aromatic carbocycles. The van der Waals surface area contributed by atoms with Crippen molar-refractivity contribution in [3.8, 4) is 0 Å². The van der Waals surface area contributed by atoms with Gasteiger partial charge in [-0.2, -0.15) is 0 Å². The maximum Gasteiger partial charge on any atom is 0.0639 e. The quantitative estimate of drug-likeness (QED) is 0.689. The van der Waals surface area contributed by atoms with Gasteiger partial charge in [0.05, 0.1) is 6.54 Å². The summed E-state index contributed by atoms with van der Waals surface area (Å²) in [6.07, 6.45) is 5.26. The molecule has 1 aliphatic rings. The third kappa shape index (κ3) is 2.92. The summed E-state index contributed by atoms with van der Waals surface area (Å²) in [5.41, 5.74) is 2.76. The van der Waals surface area contributed by atoms with Crippen LogP contribution in [0.4, 0.5) is 0 Å². The van der Waals surface area contributed by atoms with Gasteiger partial charge in [-0.15, -0.1) is 0 Å². The van der Waals surface area contributed by atoms with Crippen molar-refractivity contribution in [1.29, 1.82) is 0 Å². The fraction of sp³-hybridized carbons (Fsp3) is 0.500. The minimum absolute atomic E-state index is 0.711. The molecule has 1 atom stereocenters. The second-order valence-corrected chi connectivity index (χ2v) is 4.44. The van der Waals surface area contributed by atoms with Crippen molar-refractivity contribution >= 4 is 5.71 Å². The highest BCUT2D eigenvalue weighted by Crippen LogP contribution is 2.21. The Hall–Kier alpha value is -1.11. The summed E-state index contributed by atoms with van der Waals surface area (Å²) in [4.78, 5) is 4.75. The summed E-state index contributed by atoms with van der Waals surface area (Å²) in [7, 11) is 0. The first-order valence-corrected chi connectivity index (χ1v) is 5.93. The molecular weight excluding hydrogens is 182 g/mol. The summed E-state index contributed by atoms with van der Waals surface area (Å²) in [6.45, 7) is 3.17. The molecule has 1 nitrogen and oxygen atoms in total. The standard InChI is InChI=1S/C14H19N/c1-12-7-5-6-10-14(12)15-11-13-8-3-2-4-9-13/h2-4,8-9,12H,5-7,10-11H2,1H3/t12-/m1/s1. The number of hydrogen-bond acceptors (Lipinski definition) is 1. The van der Waals surface area contributed by atoms with Crippen molar-refractivity contribution in [2.45, 2.75) is 39.2 Å². The van der Waals surface area contributed by atoms with Crippen LogP contribution in [0.3, 0.4) is 0 Å². The molecule has 0 unspecified atom stereocenters. The van der Waals surface area contributed by atoms with E-state index in [2.05, 4.69) is 37.3 Å². The van der Waals surface area contributed by atoms with Gasteiger partial charge in [-0.1, -0.05) is 43.7 Å². The Bertz CT molecular complexity index is 326. The van der Waals surface area contributed by atoms with Crippen LogP contribution in [0.1, 0.15) is 38.2 Å². The van der Waals surface area contributed by atoms with Crippen molar-refractivity contribution in [2.24, 2.45) is 10.9 Å². The van der Waals surface area contributed by atoms with E-state index in [-0.39, 0.29) is 0 Å². The summed E-state index contributed by atoms with van der Waals surface area (Å²) in [5, 5.41) is 0. The van der Waals surface area contributed by atoms with Crippen molar-refractivity contribution in [3.05, 3.63) is 35.9 Å². The number of benzene rings is 1. The van der Waals surface area contributed by atoms with Gasteiger partial charge in [-0.3, -0.25) is 4.99 Å². The first-order chi connectivity index (χ1) is 7.36. The Morgan fingerprint density at radius 2 is 2.00 bits per heavy atom. The van der Waals surface area contributed by atoms with Crippen molar-refractivity contribution in [3.63, 3.8) is 0 Å². The van der Waals surface area contributed by atoms with E-state index in [1.54, 1.807) is 0 Å². The van der Waals surface area contributed by atoms with Crippen LogP contribution >= 0.6 is 0 Å². The maximum atomic E-state index is 4.75. The second kappa shape index (κ2) is 5.11. The lowest BCUT2D eigenvalue weighted by molar-refractivity contribution is 0.556. The summed E-state index contributed by atoms with van der Waals surface area (Å²) in [6, 6.07) is 10.5. The molecule has 15 heavy (non-hydrogen) atoms. The van der Waals surface area contributed by atoms with Gasteiger partial charge in [0.1, 0.15) is 0 Å². The third-order valence-electron chi connectivity index (χ3n) is 3.20. The average molecular weight is 201 g/mol. The van der Waals surface area contributed by atoms with Crippen LogP contribution in [0.2, 0.25) is 0 Å². The summed E-state index contributed by atoms with van der Waals surface area (Å²) >= 11 is 0. The Balaban J connectivity index is 1.98. The largest absolute Gasteiger partial charge is 0.289 e. The van der Waals surface area contributed by atoms with E-state index >= 15 is 0 Å². The first-order valence-electron chi connectivity index (χ1n) is 5.93. The molecule has 0 bridgehead atoms. The molecule has 0 N–H and O–H groups in total. The predicted octanol–water partition coefficient (Wildman–Crippen LogP) is 3.84. The zero-order chi connectivity index (χ0) is 10.5. The van der Waals surface area contributed by atoms with Gasteiger partial charge in [-0.25, -0.2) is 0 Å². The van der Waals surface area contributed by atoms with Crippen molar-refractivity contribution in [2.75, 3.05) is 0 Å². The molecule has 1 aliphatic carbocycles. The van der Waals surface area contributed by atoms with Crippen LogP contribution in [-0.4, -0.2) is 5.71 Å². The highest BCUT2D eigenvalue weighted by Gasteiger charge is 2.14. The van der Waals surface area contributed by atoms with E-state index in [4.69, 9.17) is 4.99 Å². The highest BCUT2D eigenvalue weighted by atomic mass is 14.7. The molecular formula is C14H19N. The van der Waals surface area contributed by atoms with Gasteiger partial charge in [0.25, 0.3) is 0 Å². The predicted molar refractivity (Wildman–Crippen MR) is 65.2 cm³/mol. The molecule has 80 valence electrons. The highest BCUT2D eigenvalue weighted by molar-refractivity contribution is 5.87. The monoisotopic (exact) mass is 201 g/mol. The van der Waals surface area contributed by atoms with Crippen LogP contribution in [0.5, 0.6) is 0 Å². The number of hydrogen-bond donors (Lipinski definition) is 0. The fourth-order valence-electron chi connectivity index (χ4n) is 2.18. The lowest BCUT2D eigenvalue weighted by Crippen LogP contribution is -2.16. The number of rotatable bonds is 2. The SMILES string of the molecule is C[C@@H]1CCCCC1=NCc1ccccc1. The number of nitrogens with zero attached hydrogens (tertiary/aromatic N) is 1. The lowest BCUT2D eigenvalue weighted by atomic mass is 9.89. The molecule has 0 radical (unpaired) electrons. The molecule has 1 fully saturated rings. The molecule has 0 heterocycles. The Morgan fingerprint density at radius 3 is 2.73 bits per heavy atom. The maximum absolute atomic E-state index is 4.75. The van der Waals surface area contributed by atoms with E-state index in [1.165, 1.54) is 37.0 Å². The van der Waals surface area contributed by atoms with Gasteiger partial charge in [-0.05, 0) is 30.7 Å². The molecule has 2 rings (SSSR count). The van der Waals surface area contributed by atoms with E-state index in [9.17, 15) is 0 Å². The van der Waals surface area contributed by atoms with Gasteiger partial charge in [0.15, 0.2) is 0 Å². The van der Waals surface area contributed by atoms with Gasteiger partial charge >= 0.3 is 0 Å². The van der Waals surface area contributed by atoms with Gasteiger partial charge in [0.2, 0.25) is 0 Å². The third-order valence-corrected chi connectivity index (χ3v) is 3.20. The minimum Gasteiger partial charge on any atom is -0.289 e. The Labute approximate surface area is 92.2 Å². The molecule has 0 spiro atoms. The fourth-order valence-corrected chi connectivity index (χ4v) is 2.18. The van der Waals surface area contributed by atoms with Crippen LogP contribution in [0.15, 0.2) is 35.3 Å². The summed E-state index contributed by atoms with van der Waals surface area (Å²) in [5.74, 6) is 0.711. The van der Waals surface area contributed by atoms with Gasteiger partial charge in [0, 0.05) is 5.71 Å². The molecule has 1 aromatic rings. The zero-order valence-electron chi connectivity index (χ0n) is 9.45. The van der Waals surface area contributed by atoms with Crippen molar-refractivity contribution in [1.82, 2.24) is 0 Å². The second-order valence-electron chi connectivity index (χ2n) is 4.44. The molecule has 0 saturated heterocycles. The lowest BCUT2D eigenvalue weighted by Gasteiger charge is -2.20.